The first-order valence-electron chi connectivity index (χ1n) is 8.38. The molecule has 0 unspecified atom stereocenters. The van der Waals surface area contributed by atoms with Crippen molar-refractivity contribution in [3.8, 4) is 0 Å². The zero-order valence-electron chi connectivity index (χ0n) is 16.7. The van der Waals surface area contributed by atoms with Gasteiger partial charge in [0.05, 0.1) is 6.54 Å². The van der Waals surface area contributed by atoms with Gasteiger partial charge in [0.15, 0.2) is 0 Å². The topological polar surface area (TPSA) is 111 Å². The lowest BCUT2D eigenvalue weighted by Gasteiger charge is -2.33. The van der Waals surface area contributed by atoms with E-state index in [-0.39, 0.29) is 6.54 Å². The van der Waals surface area contributed by atoms with Gasteiger partial charge in [-0.2, -0.15) is 4.74 Å². The van der Waals surface area contributed by atoms with Crippen LogP contribution in [0.25, 0.3) is 0 Å². The number of nitrogens with one attached hydrogen (secondary N) is 1. The molecule has 1 N–H and O–H groups in total. The Morgan fingerprint density at radius 1 is 1.19 bits per heavy atom. The molecule has 2 amide bonds. The molecule has 0 radical (unpaired) electrons. The first-order valence-corrected chi connectivity index (χ1v) is 8.38. The SMILES string of the molecule is CC(C)(C)OC(=O)N[C@H](CN1C(=O)C=[N+]([O-])C1(C)C)C(=O)OC(C)(C)C. The minimum absolute atomic E-state index is 0.227. The van der Waals surface area contributed by atoms with Gasteiger partial charge in [0.2, 0.25) is 11.9 Å². The van der Waals surface area contributed by atoms with Crippen LogP contribution in [0.2, 0.25) is 0 Å². The van der Waals surface area contributed by atoms with Crippen molar-refractivity contribution < 1.29 is 28.6 Å². The lowest BCUT2D eigenvalue weighted by atomic mass is 10.1. The molecule has 9 heteroatoms. The monoisotopic (exact) mass is 371 g/mol. The summed E-state index contributed by atoms with van der Waals surface area (Å²) in [7, 11) is 0. The largest absolute Gasteiger partial charge is 0.622 e. The van der Waals surface area contributed by atoms with Gasteiger partial charge >= 0.3 is 18.0 Å². The highest BCUT2D eigenvalue weighted by Crippen LogP contribution is 2.21. The van der Waals surface area contributed by atoms with Crippen molar-refractivity contribution in [1.82, 2.24) is 10.2 Å². The highest BCUT2D eigenvalue weighted by Gasteiger charge is 2.47. The van der Waals surface area contributed by atoms with Crippen molar-refractivity contribution >= 4 is 24.2 Å². The molecule has 1 aliphatic heterocycles. The summed E-state index contributed by atoms with van der Waals surface area (Å²) in [6.07, 6.45) is 0.0837. The molecule has 0 aliphatic carbocycles. The highest BCUT2D eigenvalue weighted by molar-refractivity contribution is 6.25. The van der Waals surface area contributed by atoms with E-state index in [9.17, 15) is 19.6 Å². The normalized spacial score (nSPS) is 18.2. The van der Waals surface area contributed by atoms with Crippen LogP contribution in [0.1, 0.15) is 55.4 Å². The standard InChI is InChI=1S/C17H29N3O6/c1-15(2,3)25-13(22)11(18-14(23)26-16(4,5)6)9-19-12(21)10-20(24)17(19,7)8/h10-11H,9H2,1-8H3,(H,18,23)/t11-/m1/s1. The third-order valence-electron chi connectivity index (χ3n) is 3.44. The number of hydrogen-bond donors (Lipinski definition) is 1. The van der Waals surface area contributed by atoms with E-state index in [4.69, 9.17) is 9.47 Å². The second kappa shape index (κ2) is 7.13. The van der Waals surface area contributed by atoms with Crippen LogP contribution in [0, 0.1) is 5.21 Å². The third-order valence-corrected chi connectivity index (χ3v) is 3.44. The van der Waals surface area contributed by atoms with Crippen molar-refractivity contribution in [2.24, 2.45) is 0 Å². The molecule has 1 rings (SSSR count). The van der Waals surface area contributed by atoms with Crippen LogP contribution in [0.4, 0.5) is 4.79 Å². The van der Waals surface area contributed by atoms with Crippen molar-refractivity contribution in [3.63, 3.8) is 0 Å². The van der Waals surface area contributed by atoms with E-state index in [0.717, 1.165) is 6.21 Å². The number of carbonyl (C=O) groups is 3. The molecule has 0 aromatic heterocycles. The van der Waals surface area contributed by atoms with Gasteiger partial charge in [-0.25, -0.2) is 9.59 Å². The minimum Gasteiger partial charge on any atom is -0.622 e. The number of carbonyl (C=O) groups excluding carboxylic acids is 3. The Kier molecular flexibility index (Phi) is 5.95. The summed E-state index contributed by atoms with van der Waals surface area (Å²) in [5, 5.41) is 14.3. The number of rotatable bonds is 4. The van der Waals surface area contributed by atoms with E-state index in [1.165, 1.54) is 4.90 Å². The molecule has 0 fully saturated rings. The number of amides is 2. The molecule has 148 valence electrons. The summed E-state index contributed by atoms with van der Waals surface area (Å²) < 4.78 is 11.0. The van der Waals surface area contributed by atoms with Crippen LogP contribution in [0.5, 0.6) is 0 Å². The van der Waals surface area contributed by atoms with Crippen LogP contribution in [-0.4, -0.2) is 63.3 Å². The third kappa shape index (κ3) is 5.89. The van der Waals surface area contributed by atoms with Gasteiger partial charge in [-0.15, -0.1) is 0 Å². The van der Waals surface area contributed by atoms with E-state index in [2.05, 4.69) is 5.32 Å². The number of ether oxygens (including phenoxy) is 2. The molecule has 0 aromatic carbocycles. The van der Waals surface area contributed by atoms with Gasteiger partial charge in [-0.3, -0.25) is 9.69 Å². The van der Waals surface area contributed by atoms with Crippen molar-refractivity contribution in [1.29, 1.82) is 0 Å². The van der Waals surface area contributed by atoms with Crippen LogP contribution in [0.15, 0.2) is 0 Å². The van der Waals surface area contributed by atoms with Gasteiger partial charge in [0.1, 0.15) is 17.2 Å². The number of hydroxylamine groups is 1. The van der Waals surface area contributed by atoms with Crippen LogP contribution in [0.3, 0.4) is 0 Å². The van der Waals surface area contributed by atoms with Crippen molar-refractivity contribution in [2.45, 2.75) is 78.3 Å². The summed E-state index contributed by atoms with van der Waals surface area (Å²) >= 11 is 0. The fourth-order valence-electron chi connectivity index (χ4n) is 2.21. The van der Waals surface area contributed by atoms with E-state index < -0.39 is 40.9 Å². The Morgan fingerprint density at radius 3 is 2.08 bits per heavy atom. The number of alkyl carbamates (subject to hydrolysis) is 1. The Labute approximate surface area is 153 Å². The van der Waals surface area contributed by atoms with Gasteiger partial charge in [-0.05, 0) is 41.5 Å². The van der Waals surface area contributed by atoms with Gasteiger partial charge < -0.3 is 20.0 Å². The van der Waals surface area contributed by atoms with Crippen molar-refractivity contribution in [2.75, 3.05) is 6.54 Å². The van der Waals surface area contributed by atoms with Crippen LogP contribution < -0.4 is 5.32 Å². The van der Waals surface area contributed by atoms with Gasteiger partial charge in [-0.1, -0.05) is 0 Å². The second-order valence-electron chi connectivity index (χ2n) is 8.63. The predicted molar refractivity (Wildman–Crippen MR) is 94.5 cm³/mol. The maximum absolute atomic E-state index is 12.5. The fourth-order valence-corrected chi connectivity index (χ4v) is 2.21. The van der Waals surface area contributed by atoms with Crippen LogP contribution >= 0.6 is 0 Å². The molecule has 0 saturated carbocycles. The second-order valence-corrected chi connectivity index (χ2v) is 8.63. The molecular formula is C17H29N3O6. The van der Waals surface area contributed by atoms with E-state index in [1.54, 1.807) is 55.4 Å². The first kappa shape index (κ1) is 21.7. The molecule has 0 spiro atoms. The maximum atomic E-state index is 12.5. The Balaban J connectivity index is 3.00. The quantitative estimate of drug-likeness (QED) is 0.454. The maximum Gasteiger partial charge on any atom is 0.408 e. The molecule has 9 nitrogen and oxygen atoms in total. The number of nitrogens with zero attached hydrogens (tertiary/aromatic N) is 2. The van der Waals surface area contributed by atoms with Gasteiger partial charge in [0.25, 0.3) is 0 Å². The average Bonchev–Trinajstić information content (AvgIpc) is 2.55. The summed E-state index contributed by atoms with van der Waals surface area (Å²) in [6, 6.07) is -1.19. The molecule has 0 aromatic rings. The van der Waals surface area contributed by atoms with Crippen LogP contribution in [-0.2, 0) is 19.1 Å². The van der Waals surface area contributed by atoms with E-state index in [0.29, 0.717) is 4.74 Å². The Hall–Kier alpha value is -2.32. The molecule has 26 heavy (non-hydrogen) atoms. The molecular weight excluding hydrogens is 342 g/mol. The molecule has 1 aliphatic rings. The molecule has 1 heterocycles. The molecule has 0 saturated heterocycles. The number of hydrogen-bond acceptors (Lipinski definition) is 6. The highest BCUT2D eigenvalue weighted by atomic mass is 16.6. The lowest BCUT2D eigenvalue weighted by Crippen LogP contribution is -2.57. The summed E-state index contributed by atoms with van der Waals surface area (Å²) in [4.78, 5) is 37.9. The summed E-state index contributed by atoms with van der Waals surface area (Å²) in [6.45, 7) is 13.0. The number of esters is 1. The van der Waals surface area contributed by atoms with E-state index >= 15 is 0 Å². The first-order chi connectivity index (χ1) is 11.5. The Morgan fingerprint density at radius 2 is 1.69 bits per heavy atom. The zero-order chi connectivity index (χ0) is 20.5. The van der Waals surface area contributed by atoms with E-state index in [1.807, 2.05) is 0 Å². The van der Waals surface area contributed by atoms with Gasteiger partial charge in [0, 0.05) is 13.8 Å². The molecule has 0 bridgehead atoms. The summed E-state index contributed by atoms with van der Waals surface area (Å²) in [5.74, 6) is -1.28. The average molecular weight is 371 g/mol. The smallest absolute Gasteiger partial charge is 0.408 e. The fraction of sp³-hybridized carbons (Fsp3) is 0.765. The predicted octanol–water partition coefficient (Wildman–Crippen LogP) is 1.38. The minimum atomic E-state index is -1.19. The van der Waals surface area contributed by atoms with Crippen molar-refractivity contribution in [3.05, 3.63) is 5.21 Å². The lowest BCUT2D eigenvalue weighted by molar-refractivity contribution is -0.553. The zero-order valence-corrected chi connectivity index (χ0v) is 16.7. The Bertz CT molecular complexity index is 613. The molecule has 1 atom stereocenters. The summed E-state index contributed by atoms with van der Waals surface area (Å²) in [5.41, 5.74) is -2.73.